The molecule has 0 aliphatic heterocycles. The first-order valence-corrected chi connectivity index (χ1v) is 10.8. The minimum absolute atomic E-state index is 0.0387. The van der Waals surface area contributed by atoms with Gasteiger partial charge in [-0.1, -0.05) is 12.1 Å². The lowest BCUT2D eigenvalue weighted by molar-refractivity contribution is 0.0742. The van der Waals surface area contributed by atoms with Crippen molar-refractivity contribution in [3.8, 4) is 0 Å². The molecule has 1 saturated carbocycles. The fourth-order valence-electron chi connectivity index (χ4n) is 4.49. The highest BCUT2D eigenvalue weighted by atomic mass is 19.1. The summed E-state index contributed by atoms with van der Waals surface area (Å²) in [4.78, 5) is 8.61. The summed E-state index contributed by atoms with van der Waals surface area (Å²) in [5.41, 5.74) is 3.34. The van der Waals surface area contributed by atoms with E-state index in [0.717, 1.165) is 29.4 Å². The molecule has 0 saturated heterocycles. The summed E-state index contributed by atoms with van der Waals surface area (Å²) in [5, 5.41) is 18.5. The van der Waals surface area contributed by atoms with Crippen molar-refractivity contribution in [1.29, 1.82) is 0 Å². The van der Waals surface area contributed by atoms with Gasteiger partial charge in [-0.15, -0.1) is 0 Å². The molecule has 1 fully saturated rings. The molecule has 0 bridgehead atoms. The Labute approximate surface area is 180 Å². The molecule has 3 heterocycles. The van der Waals surface area contributed by atoms with Gasteiger partial charge in [-0.3, -0.25) is 4.98 Å². The number of imidazole rings is 1. The predicted molar refractivity (Wildman–Crippen MR) is 118 cm³/mol. The molecule has 3 N–H and O–H groups in total. The predicted octanol–water partition coefficient (Wildman–Crippen LogP) is 3.18. The van der Waals surface area contributed by atoms with Crippen LogP contribution in [0.25, 0.3) is 16.6 Å². The van der Waals surface area contributed by atoms with E-state index in [9.17, 15) is 9.50 Å². The summed E-state index contributed by atoms with van der Waals surface area (Å²) >= 11 is 0. The van der Waals surface area contributed by atoms with Gasteiger partial charge in [-0.25, -0.2) is 9.37 Å². The number of fused-ring (bicyclic) bond motifs is 2. The van der Waals surface area contributed by atoms with Crippen LogP contribution in [0.15, 0.2) is 61.2 Å². The van der Waals surface area contributed by atoms with Crippen molar-refractivity contribution in [3.63, 3.8) is 0 Å². The maximum atomic E-state index is 14.4. The van der Waals surface area contributed by atoms with E-state index in [4.69, 9.17) is 0 Å². The number of benzene rings is 1. The average Bonchev–Trinajstić information content (AvgIpc) is 3.26. The van der Waals surface area contributed by atoms with Gasteiger partial charge in [0.25, 0.3) is 0 Å². The first kappa shape index (κ1) is 20.1. The molecule has 7 heteroatoms. The SMILES string of the molecule is O[C@H]1C[C@@H](NCc2cc3cccnc3cc2F)CC[C@@H]1NCc1cccn2ccnc12. The summed E-state index contributed by atoms with van der Waals surface area (Å²) in [5.74, 6) is -0.247. The molecule has 0 amide bonds. The molecular formula is C24H26FN5O. The number of aliphatic hydroxyl groups is 1. The molecule has 0 spiro atoms. The van der Waals surface area contributed by atoms with Gasteiger partial charge in [0, 0.05) is 72.5 Å². The van der Waals surface area contributed by atoms with Crippen molar-refractivity contribution in [2.24, 2.45) is 0 Å². The third-order valence-electron chi connectivity index (χ3n) is 6.22. The number of aromatic nitrogens is 3. The Morgan fingerprint density at radius 2 is 1.90 bits per heavy atom. The lowest BCUT2D eigenvalue weighted by Crippen LogP contribution is -2.48. The van der Waals surface area contributed by atoms with Crippen molar-refractivity contribution < 1.29 is 9.50 Å². The quantitative estimate of drug-likeness (QED) is 0.448. The van der Waals surface area contributed by atoms with Gasteiger partial charge in [-0.05, 0) is 37.5 Å². The van der Waals surface area contributed by atoms with Crippen LogP contribution < -0.4 is 10.6 Å². The van der Waals surface area contributed by atoms with Crippen molar-refractivity contribution in [2.45, 2.75) is 50.5 Å². The Morgan fingerprint density at radius 3 is 2.81 bits per heavy atom. The highest BCUT2D eigenvalue weighted by Crippen LogP contribution is 2.22. The largest absolute Gasteiger partial charge is 0.391 e. The van der Waals surface area contributed by atoms with Crippen LogP contribution in [0.4, 0.5) is 4.39 Å². The Hall–Kier alpha value is -2.87. The van der Waals surface area contributed by atoms with Crippen molar-refractivity contribution in [2.75, 3.05) is 0 Å². The van der Waals surface area contributed by atoms with E-state index in [1.54, 1.807) is 12.4 Å². The molecule has 0 radical (unpaired) electrons. The van der Waals surface area contributed by atoms with E-state index in [1.807, 2.05) is 41.1 Å². The Kier molecular flexibility index (Phi) is 5.63. The second-order valence-electron chi connectivity index (χ2n) is 8.28. The van der Waals surface area contributed by atoms with Crippen LogP contribution >= 0.6 is 0 Å². The fraction of sp³-hybridized carbons (Fsp3) is 0.333. The van der Waals surface area contributed by atoms with Gasteiger partial charge >= 0.3 is 0 Å². The lowest BCUT2D eigenvalue weighted by atomic mass is 9.88. The van der Waals surface area contributed by atoms with Crippen LogP contribution in [0, 0.1) is 5.82 Å². The van der Waals surface area contributed by atoms with E-state index in [2.05, 4.69) is 26.7 Å². The molecule has 1 aromatic carbocycles. The molecule has 1 aliphatic carbocycles. The first-order chi connectivity index (χ1) is 15.2. The molecule has 1 aliphatic rings. The van der Waals surface area contributed by atoms with Crippen molar-refractivity contribution >= 4 is 16.6 Å². The monoisotopic (exact) mass is 419 g/mol. The molecular weight excluding hydrogens is 393 g/mol. The van der Waals surface area contributed by atoms with E-state index < -0.39 is 6.10 Å². The van der Waals surface area contributed by atoms with Crippen LogP contribution in [0.2, 0.25) is 0 Å². The minimum Gasteiger partial charge on any atom is -0.391 e. The van der Waals surface area contributed by atoms with Crippen LogP contribution in [-0.4, -0.2) is 37.7 Å². The Balaban J connectivity index is 1.16. The Morgan fingerprint density at radius 1 is 1.00 bits per heavy atom. The number of hydrogen-bond acceptors (Lipinski definition) is 5. The number of nitrogens with one attached hydrogen (secondary N) is 2. The second kappa shape index (κ2) is 8.70. The molecule has 31 heavy (non-hydrogen) atoms. The molecule has 160 valence electrons. The van der Waals surface area contributed by atoms with Gasteiger partial charge in [0.05, 0.1) is 11.6 Å². The summed E-state index contributed by atoms with van der Waals surface area (Å²) < 4.78 is 16.4. The molecule has 4 aromatic rings. The van der Waals surface area contributed by atoms with E-state index >= 15 is 0 Å². The lowest BCUT2D eigenvalue weighted by Gasteiger charge is -2.34. The topological polar surface area (TPSA) is 74.5 Å². The third kappa shape index (κ3) is 4.30. The third-order valence-corrected chi connectivity index (χ3v) is 6.22. The Bertz CT molecular complexity index is 1190. The number of halogens is 1. The standard InChI is InChI=1S/C24H26FN5O/c25-20-13-22-16(3-1-7-26-22)11-18(20)15-28-19-5-6-21(23(31)12-19)29-14-17-4-2-9-30-10-8-27-24(17)30/h1-4,7-11,13,19,21,23,28-29,31H,5-6,12,14-15H2/t19-,21-,23-/m0/s1. The second-order valence-corrected chi connectivity index (χ2v) is 8.28. The van der Waals surface area contributed by atoms with Crippen molar-refractivity contribution in [3.05, 3.63) is 78.1 Å². The summed E-state index contributed by atoms with van der Waals surface area (Å²) in [6, 6.07) is 11.4. The van der Waals surface area contributed by atoms with E-state index in [0.29, 0.717) is 30.6 Å². The number of pyridine rings is 2. The highest BCUT2D eigenvalue weighted by Gasteiger charge is 2.28. The van der Waals surface area contributed by atoms with E-state index in [-0.39, 0.29) is 17.9 Å². The smallest absolute Gasteiger partial charge is 0.141 e. The van der Waals surface area contributed by atoms with E-state index in [1.165, 1.54) is 6.07 Å². The number of rotatable bonds is 6. The maximum Gasteiger partial charge on any atom is 0.141 e. The van der Waals surface area contributed by atoms with Crippen LogP contribution in [-0.2, 0) is 13.1 Å². The zero-order valence-electron chi connectivity index (χ0n) is 17.2. The van der Waals surface area contributed by atoms with Gasteiger partial charge < -0.3 is 20.1 Å². The molecule has 3 atom stereocenters. The minimum atomic E-state index is -0.448. The maximum absolute atomic E-state index is 14.4. The van der Waals surface area contributed by atoms with Crippen LogP contribution in [0.3, 0.4) is 0 Å². The average molecular weight is 420 g/mol. The first-order valence-electron chi connectivity index (χ1n) is 10.8. The van der Waals surface area contributed by atoms with Gasteiger partial charge in [0.2, 0.25) is 0 Å². The van der Waals surface area contributed by atoms with Gasteiger partial charge in [0.1, 0.15) is 11.5 Å². The molecule has 6 nitrogen and oxygen atoms in total. The zero-order valence-corrected chi connectivity index (χ0v) is 17.2. The number of hydrogen-bond donors (Lipinski definition) is 3. The van der Waals surface area contributed by atoms with Gasteiger partial charge in [-0.2, -0.15) is 0 Å². The summed E-state index contributed by atoms with van der Waals surface area (Å²) in [6.45, 7) is 1.10. The highest BCUT2D eigenvalue weighted by molar-refractivity contribution is 5.79. The van der Waals surface area contributed by atoms with Crippen molar-refractivity contribution in [1.82, 2.24) is 25.0 Å². The normalized spacial score (nSPS) is 21.7. The molecule has 3 aromatic heterocycles. The van der Waals surface area contributed by atoms with Crippen LogP contribution in [0.1, 0.15) is 30.4 Å². The fourth-order valence-corrected chi connectivity index (χ4v) is 4.49. The summed E-state index contributed by atoms with van der Waals surface area (Å²) in [7, 11) is 0. The van der Waals surface area contributed by atoms with Gasteiger partial charge in [0.15, 0.2) is 0 Å². The summed E-state index contributed by atoms with van der Waals surface area (Å²) in [6.07, 6.45) is 9.35. The molecule has 5 rings (SSSR count). The zero-order chi connectivity index (χ0) is 21.2. The number of nitrogens with zero attached hydrogens (tertiary/aromatic N) is 3. The number of aliphatic hydroxyl groups excluding tert-OH is 1. The molecule has 0 unspecified atom stereocenters. The van der Waals surface area contributed by atoms with Crippen LogP contribution in [0.5, 0.6) is 0 Å².